The minimum Gasteiger partial charge on any atom is -0.324 e. The maximum absolute atomic E-state index is 13.1. The Labute approximate surface area is 136 Å². The largest absolute Gasteiger partial charge is 0.324 e. The standard InChI is InChI=1S/C17H13FN4O2/c18-13-4-1-5-14(9-13)20-16(23)11-22-17(24)7-6-15(21-22)12-3-2-8-19-10-12/h1-10H,11H2,(H,20,23). The number of rotatable bonds is 4. The van der Waals surface area contributed by atoms with Crippen LogP contribution in [0.5, 0.6) is 0 Å². The van der Waals surface area contributed by atoms with Crippen LogP contribution in [0.15, 0.2) is 65.7 Å². The Hall–Kier alpha value is -3.35. The summed E-state index contributed by atoms with van der Waals surface area (Å²) in [6, 6.07) is 12.0. The number of nitrogens with zero attached hydrogens (tertiary/aromatic N) is 3. The van der Waals surface area contributed by atoms with Crippen LogP contribution in [0.3, 0.4) is 0 Å². The summed E-state index contributed by atoms with van der Waals surface area (Å²) in [6.45, 7) is -0.274. The quantitative estimate of drug-likeness (QED) is 0.797. The number of carbonyl (C=O) groups excluding carboxylic acids is 1. The van der Waals surface area contributed by atoms with Gasteiger partial charge in [-0.1, -0.05) is 6.07 Å². The van der Waals surface area contributed by atoms with Crippen molar-refractivity contribution in [2.75, 3.05) is 5.32 Å². The molecule has 1 amide bonds. The zero-order valence-corrected chi connectivity index (χ0v) is 12.5. The summed E-state index contributed by atoms with van der Waals surface area (Å²) in [5.74, 6) is -0.930. The summed E-state index contributed by atoms with van der Waals surface area (Å²) in [6.07, 6.45) is 3.25. The second-order valence-corrected chi connectivity index (χ2v) is 5.01. The van der Waals surface area contributed by atoms with Crippen molar-refractivity contribution in [1.29, 1.82) is 0 Å². The van der Waals surface area contributed by atoms with Gasteiger partial charge in [0.05, 0.1) is 5.69 Å². The van der Waals surface area contributed by atoms with Gasteiger partial charge in [0.25, 0.3) is 5.56 Å². The molecule has 7 heteroatoms. The molecule has 0 atom stereocenters. The van der Waals surface area contributed by atoms with Crippen LogP contribution in [-0.4, -0.2) is 20.7 Å². The minimum absolute atomic E-state index is 0.274. The highest BCUT2D eigenvalue weighted by atomic mass is 19.1. The van der Waals surface area contributed by atoms with Gasteiger partial charge in [0, 0.05) is 29.7 Å². The van der Waals surface area contributed by atoms with E-state index >= 15 is 0 Å². The summed E-state index contributed by atoms with van der Waals surface area (Å²) in [7, 11) is 0. The average Bonchev–Trinajstić information content (AvgIpc) is 2.57. The van der Waals surface area contributed by atoms with E-state index < -0.39 is 17.3 Å². The molecule has 0 radical (unpaired) electrons. The van der Waals surface area contributed by atoms with E-state index in [1.165, 1.54) is 24.3 Å². The van der Waals surface area contributed by atoms with Gasteiger partial charge in [-0.2, -0.15) is 5.10 Å². The van der Waals surface area contributed by atoms with Gasteiger partial charge in [0.15, 0.2) is 0 Å². The molecule has 0 bridgehead atoms. The van der Waals surface area contributed by atoms with Gasteiger partial charge in [-0.05, 0) is 36.4 Å². The van der Waals surface area contributed by atoms with Gasteiger partial charge >= 0.3 is 0 Å². The van der Waals surface area contributed by atoms with Crippen LogP contribution in [0.1, 0.15) is 0 Å². The predicted octanol–water partition coefficient (Wildman–Crippen LogP) is 2.08. The number of carbonyl (C=O) groups is 1. The van der Waals surface area contributed by atoms with Crippen molar-refractivity contribution >= 4 is 11.6 Å². The maximum Gasteiger partial charge on any atom is 0.267 e. The topological polar surface area (TPSA) is 76.9 Å². The SMILES string of the molecule is O=C(Cn1nc(-c2cccnc2)ccc1=O)Nc1cccc(F)c1. The first-order valence-electron chi connectivity index (χ1n) is 7.16. The molecule has 0 aliphatic heterocycles. The lowest BCUT2D eigenvalue weighted by Crippen LogP contribution is -2.29. The molecular weight excluding hydrogens is 311 g/mol. The van der Waals surface area contributed by atoms with Crippen LogP contribution in [0.2, 0.25) is 0 Å². The van der Waals surface area contributed by atoms with Gasteiger partial charge in [-0.15, -0.1) is 0 Å². The van der Waals surface area contributed by atoms with Crippen LogP contribution in [-0.2, 0) is 11.3 Å². The van der Waals surface area contributed by atoms with Crippen LogP contribution >= 0.6 is 0 Å². The molecular formula is C17H13FN4O2. The van der Waals surface area contributed by atoms with E-state index in [1.54, 1.807) is 36.7 Å². The first kappa shape index (κ1) is 15.5. The third kappa shape index (κ3) is 3.70. The molecule has 24 heavy (non-hydrogen) atoms. The first-order valence-corrected chi connectivity index (χ1v) is 7.16. The highest BCUT2D eigenvalue weighted by Crippen LogP contribution is 2.13. The molecule has 3 aromatic rings. The lowest BCUT2D eigenvalue weighted by molar-refractivity contribution is -0.117. The van der Waals surface area contributed by atoms with Crippen LogP contribution < -0.4 is 10.9 Å². The van der Waals surface area contributed by atoms with Crippen molar-refractivity contribution < 1.29 is 9.18 Å². The number of anilines is 1. The summed E-state index contributed by atoms with van der Waals surface area (Å²) >= 11 is 0. The van der Waals surface area contributed by atoms with E-state index in [0.29, 0.717) is 11.4 Å². The second kappa shape index (κ2) is 6.82. The van der Waals surface area contributed by atoms with Gasteiger partial charge in [-0.25, -0.2) is 9.07 Å². The fourth-order valence-electron chi connectivity index (χ4n) is 2.13. The zero-order valence-electron chi connectivity index (χ0n) is 12.5. The van der Waals surface area contributed by atoms with Gasteiger partial charge in [-0.3, -0.25) is 14.6 Å². The molecule has 3 rings (SSSR count). The number of pyridine rings is 1. The van der Waals surface area contributed by atoms with E-state index in [9.17, 15) is 14.0 Å². The van der Waals surface area contributed by atoms with Crippen molar-refractivity contribution in [2.45, 2.75) is 6.54 Å². The molecule has 0 spiro atoms. The highest BCUT2D eigenvalue weighted by molar-refractivity contribution is 5.90. The van der Waals surface area contributed by atoms with Crippen LogP contribution in [0.25, 0.3) is 11.3 Å². The number of aromatic nitrogens is 3. The second-order valence-electron chi connectivity index (χ2n) is 5.01. The average molecular weight is 324 g/mol. The molecule has 0 unspecified atom stereocenters. The van der Waals surface area contributed by atoms with Crippen molar-refractivity contribution in [3.05, 3.63) is 77.1 Å². The normalized spacial score (nSPS) is 10.4. The Morgan fingerprint density at radius 1 is 1.17 bits per heavy atom. The minimum atomic E-state index is -0.474. The molecule has 120 valence electrons. The Morgan fingerprint density at radius 2 is 2.04 bits per heavy atom. The Balaban J connectivity index is 1.79. The molecule has 0 fully saturated rings. The van der Waals surface area contributed by atoms with E-state index in [0.717, 1.165) is 10.2 Å². The van der Waals surface area contributed by atoms with Crippen molar-refractivity contribution in [1.82, 2.24) is 14.8 Å². The van der Waals surface area contributed by atoms with E-state index in [4.69, 9.17) is 0 Å². The number of nitrogens with one attached hydrogen (secondary N) is 1. The molecule has 6 nitrogen and oxygen atoms in total. The summed E-state index contributed by atoms with van der Waals surface area (Å²) in [5.41, 5.74) is 1.17. The summed E-state index contributed by atoms with van der Waals surface area (Å²) in [5, 5.41) is 6.70. The first-order chi connectivity index (χ1) is 11.6. The Bertz CT molecular complexity index is 925. The molecule has 2 aromatic heterocycles. The van der Waals surface area contributed by atoms with Crippen molar-refractivity contribution in [2.24, 2.45) is 0 Å². The Morgan fingerprint density at radius 3 is 2.79 bits per heavy atom. The van der Waals surface area contributed by atoms with E-state index in [2.05, 4.69) is 15.4 Å². The number of amides is 1. The summed E-state index contributed by atoms with van der Waals surface area (Å²) < 4.78 is 14.2. The van der Waals surface area contributed by atoms with Crippen molar-refractivity contribution in [3.8, 4) is 11.3 Å². The lowest BCUT2D eigenvalue weighted by atomic mass is 10.2. The maximum atomic E-state index is 13.1. The molecule has 0 saturated heterocycles. The predicted molar refractivity (Wildman–Crippen MR) is 86.8 cm³/mol. The molecule has 1 aromatic carbocycles. The number of benzene rings is 1. The molecule has 2 heterocycles. The lowest BCUT2D eigenvalue weighted by Gasteiger charge is -2.08. The van der Waals surface area contributed by atoms with Crippen LogP contribution in [0, 0.1) is 5.82 Å². The van der Waals surface area contributed by atoms with E-state index in [-0.39, 0.29) is 6.54 Å². The monoisotopic (exact) mass is 324 g/mol. The van der Waals surface area contributed by atoms with E-state index in [1.807, 2.05) is 0 Å². The third-order valence-corrected chi connectivity index (χ3v) is 3.23. The third-order valence-electron chi connectivity index (χ3n) is 3.23. The molecule has 0 aliphatic rings. The zero-order chi connectivity index (χ0) is 16.9. The molecule has 1 N–H and O–H groups in total. The number of halogens is 1. The van der Waals surface area contributed by atoms with Crippen LogP contribution in [0.4, 0.5) is 10.1 Å². The highest BCUT2D eigenvalue weighted by Gasteiger charge is 2.09. The summed E-state index contributed by atoms with van der Waals surface area (Å²) in [4.78, 5) is 27.9. The fraction of sp³-hybridized carbons (Fsp3) is 0.0588. The smallest absolute Gasteiger partial charge is 0.267 e. The molecule has 0 aliphatic carbocycles. The fourth-order valence-corrected chi connectivity index (χ4v) is 2.13. The van der Waals surface area contributed by atoms with Gasteiger partial charge in [0.1, 0.15) is 12.4 Å². The number of hydrogen-bond acceptors (Lipinski definition) is 4. The van der Waals surface area contributed by atoms with Crippen molar-refractivity contribution in [3.63, 3.8) is 0 Å². The van der Waals surface area contributed by atoms with Gasteiger partial charge < -0.3 is 5.32 Å². The Kier molecular flexibility index (Phi) is 4.42. The molecule has 0 saturated carbocycles. The van der Waals surface area contributed by atoms with Gasteiger partial charge in [0.2, 0.25) is 5.91 Å². The number of hydrogen-bond donors (Lipinski definition) is 1.